The predicted octanol–water partition coefficient (Wildman–Crippen LogP) is 9.06. The van der Waals surface area contributed by atoms with Crippen LogP contribution < -0.4 is 40.1 Å². The summed E-state index contributed by atoms with van der Waals surface area (Å²) in [5.74, 6) is -4.48. The third-order valence-corrected chi connectivity index (χ3v) is 21.4. The van der Waals surface area contributed by atoms with Gasteiger partial charge in [-0.2, -0.15) is 0 Å². The number of aliphatic carboxylic acids is 2. The Bertz CT molecular complexity index is 3090. The minimum atomic E-state index is -1.47. The van der Waals surface area contributed by atoms with Crippen LogP contribution in [0.4, 0.5) is 9.59 Å². The molecule has 4 aromatic rings. The van der Waals surface area contributed by atoms with Crippen molar-refractivity contribution in [2.24, 2.45) is 0 Å². The molecule has 0 spiro atoms. The van der Waals surface area contributed by atoms with E-state index in [0.717, 1.165) is 44.5 Å². The van der Waals surface area contributed by atoms with E-state index >= 15 is 0 Å². The van der Waals surface area contributed by atoms with E-state index in [2.05, 4.69) is 109 Å². The Hall–Kier alpha value is -6.46. The summed E-state index contributed by atoms with van der Waals surface area (Å²) in [4.78, 5) is 122. The van der Waals surface area contributed by atoms with Crippen molar-refractivity contribution in [1.82, 2.24) is 21.3 Å². The summed E-state index contributed by atoms with van der Waals surface area (Å²) in [6.45, 7) is 12.8. The van der Waals surface area contributed by atoms with E-state index in [4.69, 9.17) is 19.7 Å². The first-order chi connectivity index (χ1) is 43.8. The minimum Gasteiger partial charge on any atom is -0.870 e. The molecule has 7 N–H and O–H groups in total. The molecule has 26 heteroatoms. The van der Waals surface area contributed by atoms with Gasteiger partial charge in [0.15, 0.2) is 11.6 Å². The molecule has 508 valence electrons. The normalized spacial score (nSPS) is 13.3. The molecule has 0 bridgehead atoms. The van der Waals surface area contributed by atoms with Crippen LogP contribution >= 0.6 is 43.2 Å². The molecular weight excluding hydrogens is 1280 g/mol. The van der Waals surface area contributed by atoms with E-state index in [9.17, 15) is 47.9 Å². The molecule has 4 atom stereocenters. The van der Waals surface area contributed by atoms with Crippen molar-refractivity contribution in [2.75, 3.05) is 38.9 Å². The van der Waals surface area contributed by atoms with Gasteiger partial charge in [-0.1, -0.05) is 207 Å². The van der Waals surface area contributed by atoms with Crippen molar-refractivity contribution in [3.8, 4) is 22.3 Å². The predicted molar refractivity (Wildman–Crippen MR) is 363 cm³/mol. The van der Waals surface area contributed by atoms with Gasteiger partial charge >= 0.3 is 54.9 Å². The zero-order chi connectivity index (χ0) is 67.4. The number of ketones is 2. The number of alkyl carbamates (subject to hydrolysis) is 2. The van der Waals surface area contributed by atoms with Crippen LogP contribution in [0.3, 0.4) is 0 Å². The summed E-state index contributed by atoms with van der Waals surface area (Å²) < 4.78 is 20.6. The third-order valence-electron chi connectivity index (χ3n) is 14.7. The number of amides is 4. The second-order valence-corrected chi connectivity index (χ2v) is 30.6. The Morgan fingerprint density at radius 3 is 1.12 bits per heavy atom. The largest absolute Gasteiger partial charge is 1.00 e. The van der Waals surface area contributed by atoms with Crippen LogP contribution in [0.1, 0.15) is 166 Å². The molecule has 2 aliphatic carbocycles. The Morgan fingerprint density at radius 2 is 0.798 bits per heavy atom. The van der Waals surface area contributed by atoms with Crippen molar-refractivity contribution in [1.29, 1.82) is 0 Å². The molecule has 4 aromatic carbocycles. The number of Topliss-reactive ketones (excluding diaryl/α,β-unsaturated/α-hetero) is 2. The molecule has 0 aliphatic heterocycles. The number of unbranched alkanes of at least 4 members (excludes halogenated alkanes) is 6. The van der Waals surface area contributed by atoms with Crippen LogP contribution in [0, 0.1) is 0 Å². The van der Waals surface area contributed by atoms with E-state index in [-0.39, 0.29) is 108 Å². The first-order valence-corrected chi connectivity index (χ1v) is 35.5. The first kappa shape index (κ1) is 81.8. The van der Waals surface area contributed by atoms with Crippen molar-refractivity contribution < 1.29 is 101 Å². The number of benzene rings is 4. The molecule has 4 amide bonds. The van der Waals surface area contributed by atoms with Crippen LogP contribution in [-0.4, -0.2) is 148 Å². The Labute approximate surface area is 579 Å². The monoisotopic (exact) mass is 1370 g/mol. The maximum absolute atomic E-state index is 13.3. The number of carboxylic acids is 2. The number of carboxylic acid groups (broad SMARTS) is 2. The summed E-state index contributed by atoms with van der Waals surface area (Å²) in [5, 5.41) is 28.2. The average molecular weight is 1370 g/mol. The molecule has 21 nitrogen and oxygen atoms in total. The number of nitrogens with one attached hydrogen (secondary N) is 4. The Balaban J connectivity index is 0.000000480. The minimum absolute atomic E-state index is 0. The number of methoxy groups -OCH3 is 2. The molecule has 0 saturated carbocycles. The van der Waals surface area contributed by atoms with Gasteiger partial charge in [0.2, 0.25) is 11.8 Å². The van der Waals surface area contributed by atoms with E-state index in [0.29, 0.717) is 62.9 Å². The number of hydrogen-bond donors (Lipinski definition) is 6. The summed E-state index contributed by atoms with van der Waals surface area (Å²) in [5.41, 5.74) is 9.01. The quantitative estimate of drug-likeness (QED) is 0.00812. The standard InChI is InChI=1S/C35H46N2O8S2.C33H42N2O8S2.Li.H2O/c1-35(2,3)47-46-22-29(30(38)18-8-6-7-9-19-31(39)36-28(33(41)44-5)20-32(40)43-4)37-34(42)45-21-27-25-16-12-10-14-23(25)24-15-11-13-17-26(24)27;1-33(2,3)45-44-20-27(28(36)16-6-4-5-7-17-29(37)34-26(31(40)41)18-30(38)39)35-32(42)43-19-25-23-14-10-8-12-21(23)22-13-9-11-15-24(22)25;;/h10-17,27-29H,6-9,18-22H2,1-5H3,(H,36,39)(H,37,42);8-15,25-27H,4-7,16-20H2,1-3H3,(H,34,37)(H,35,42)(H,38,39)(H,40,41);;1H2/q;;+1;/p-1. The fraction of sp³-hybridized carbons (Fsp3) is 0.500. The number of ether oxygens (including phenoxy) is 4. The van der Waals surface area contributed by atoms with Crippen LogP contribution in [0.5, 0.6) is 0 Å². The molecule has 2 aliphatic rings. The van der Waals surface area contributed by atoms with E-state index < -0.39 is 72.6 Å². The first-order valence-electron chi connectivity index (χ1n) is 30.9. The molecule has 4 unspecified atom stereocenters. The van der Waals surface area contributed by atoms with Crippen molar-refractivity contribution in [3.63, 3.8) is 0 Å². The summed E-state index contributed by atoms with van der Waals surface area (Å²) >= 11 is 0. The van der Waals surface area contributed by atoms with Gasteiger partial charge in [-0.05, 0) is 70.2 Å². The van der Waals surface area contributed by atoms with Crippen LogP contribution in [-0.2, 0) is 57.3 Å². The fourth-order valence-electron chi connectivity index (χ4n) is 10.3. The van der Waals surface area contributed by atoms with E-state index in [1.54, 1.807) is 32.4 Å². The number of carbonyl (C=O) groups excluding carboxylic acids is 8. The summed E-state index contributed by atoms with van der Waals surface area (Å²) in [7, 11) is 8.75. The van der Waals surface area contributed by atoms with Gasteiger partial charge in [0.1, 0.15) is 37.4 Å². The maximum Gasteiger partial charge on any atom is 1.00 e. The third kappa shape index (κ3) is 28.1. The van der Waals surface area contributed by atoms with Crippen molar-refractivity contribution in [3.05, 3.63) is 119 Å². The summed E-state index contributed by atoms with van der Waals surface area (Å²) in [6.07, 6.45) is 3.40. The van der Waals surface area contributed by atoms with Crippen LogP contribution in [0.25, 0.3) is 22.3 Å². The smallest absolute Gasteiger partial charge is 0.870 e. The zero-order valence-corrected chi connectivity index (χ0v) is 58.4. The van der Waals surface area contributed by atoms with Gasteiger partial charge in [0.05, 0.1) is 27.1 Å². The molecule has 0 heterocycles. The molecule has 0 aromatic heterocycles. The van der Waals surface area contributed by atoms with Crippen molar-refractivity contribution in [2.45, 2.75) is 177 Å². The zero-order valence-electron chi connectivity index (χ0n) is 55.1. The Morgan fingerprint density at radius 1 is 0.457 bits per heavy atom. The van der Waals surface area contributed by atoms with Gasteiger partial charge < -0.3 is 55.9 Å². The fourth-order valence-corrected chi connectivity index (χ4v) is 15.3. The van der Waals surface area contributed by atoms with Gasteiger partial charge in [-0.25, -0.2) is 19.2 Å². The second kappa shape index (κ2) is 41.5. The topological polar surface area (TPSA) is 326 Å². The molecule has 6 rings (SSSR count). The van der Waals surface area contributed by atoms with Gasteiger partial charge in [-0.15, -0.1) is 0 Å². The van der Waals surface area contributed by atoms with Crippen molar-refractivity contribution >= 4 is 103 Å². The van der Waals surface area contributed by atoms with Crippen LogP contribution in [0.15, 0.2) is 97.1 Å². The SMILES string of the molecule is CC(C)(C)SSCC(NC(=O)OCC1c2ccccc2-c2ccccc21)C(=O)CCCCCCC(=O)NC(CC(=O)O)C(=O)O.COC(=O)CC(NC(=O)CCCCCCC(=O)C(CSSC(C)(C)C)NC(=O)OCC1c2ccccc2-c2ccccc21)C(=O)OC.[Li+].[OH-]. The Kier molecular flexibility index (Phi) is 36.1. The average Bonchev–Trinajstić information content (AvgIpc) is 1.63. The second-order valence-electron chi connectivity index (χ2n) is 24.2. The van der Waals surface area contributed by atoms with Gasteiger partial charge in [0, 0.05) is 58.5 Å². The molecule has 0 fully saturated rings. The number of hydrogen-bond acceptors (Lipinski definition) is 19. The number of esters is 2. The number of rotatable bonds is 36. The molecule has 94 heavy (non-hydrogen) atoms. The molecule has 0 radical (unpaired) electrons. The number of carbonyl (C=O) groups is 10. The van der Waals surface area contributed by atoms with E-state index in [1.165, 1.54) is 25.0 Å². The number of fused-ring (bicyclic) bond motifs is 6. The maximum atomic E-state index is 13.3. The van der Waals surface area contributed by atoms with Gasteiger partial charge in [-0.3, -0.25) is 28.8 Å². The molecule has 0 saturated heterocycles. The van der Waals surface area contributed by atoms with Gasteiger partial charge in [0.25, 0.3) is 0 Å². The molecular formula is C68H89LiN4O17S4. The summed E-state index contributed by atoms with van der Waals surface area (Å²) in [6, 6.07) is 28.4. The van der Waals surface area contributed by atoms with E-state index in [1.807, 2.05) is 60.7 Å². The van der Waals surface area contributed by atoms with Crippen LogP contribution in [0.2, 0.25) is 0 Å².